The molecule has 35 heavy (non-hydrogen) atoms. The second-order valence-electron chi connectivity index (χ2n) is 7.26. The van der Waals surface area contributed by atoms with Crippen LogP contribution in [0.3, 0.4) is 0 Å². The lowest BCUT2D eigenvalue weighted by Gasteiger charge is -2.13. The van der Waals surface area contributed by atoms with Gasteiger partial charge in [-0.05, 0) is 47.5 Å². The van der Waals surface area contributed by atoms with Gasteiger partial charge in [0.15, 0.2) is 0 Å². The molecular weight excluding hydrogens is 504 g/mol. The Morgan fingerprint density at radius 3 is 2.49 bits per heavy atom. The van der Waals surface area contributed by atoms with Gasteiger partial charge >= 0.3 is 0 Å². The number of fused-ring (bicyclic) bond motifs is 1. The predicted molar refractivity (Wildman–Crippen MR) is 129 cm³/mol. The van der Waals surface area contributed by atoms with Crippen LogP contribution in [0.25, 0.3) is 10.8 Å². The molecule has 0 bridgehead atoms. The maximum absolute atomic E-state index is 11.0. The Balaban J connectivity index is 1.86. The normalized spacial score (nSPS) is 12.5. The summed E-state index contributed by atoms with van der Waals surface area (Å²) in [6.45, 7) is 1.26. The van der Waals surface area contributed by atoms with E-state index >= 15 is 0 Å². The first-order valence-corrected chi connectivity index (χ1v) is 12.5. The molecule has 2 aromatic carbocycles. The molecule has 190 valence electrons. The first-order chi connectivity index (χ1) is 16.7. The van der Waals surface area contributed by atoms with Gasteiger partial charge in [0, 0.05) is 23.7 Å². The number of nitrogens with zero attached hydrogens (tertiary/aromatic N) is 3. The maximum Gasteiger partial charge on any atom is 0.266 e. The third-order valence-corrected chi connectivity index (χ3v) is 5.81. The quantitative estimate of drug-likeness (QED) is 0.0727. The molecule has 0 saturated heterocycles. The number of aliphatic hydroxyl groups is 2. The Morgan fingerprint density at radius 1 is 1.09 bits per heavy atom. The number of benzene rings is 2. The van der Waals surface area contributed by atoms with Crippen molar-refractivity contribution >= 4 is 56.5 Å². The smallest absolute Gasteiger partial charge is 0.266 e. The molecule has 3 rings (SSSR count). The van der Waals surface area contributed by atoms with E-state index in [0.29, 0.717) is 10.6 Å². The number of hydrogen-bond acceptors (Lipinski definition) is 14. The average molecular weight is 529 g/mol. The maximum atomic E-state index is 11.0. The second-order valence-corrected chi connectivity index (χ2v) is 9.61. The Hall–Kier alpha value is -2.83. The highest BCUT2D eigenvalue weighted by Crippen LogP contribution is 2.30. The summed E-state index contributed by atoms with van der Waals surface area (Å²) in [6, 6.07) is 9.25. The Morgan fingerprint density at radius 2 is 1.80 bits per heavy atom. The van der Waals surface area contributed by atoms with E-state index < -0.39 is 28.6 Å². The third kappa shape index (κ3) is 8.41. The highest BCUT2D eigenvalue weighted by atomic mass is 32.2. The number of anilines is 4. The van der Waals surface area contributed by atoms with E-state index in [1.54, 1.807) is 0 Å². The van der Waals surface area contributed by atoms with Gasteiger partial charge in [0.2, 0.25) is 17.8 Å². The molecule has 16 heteroatoms. The van der Waals surface area contributed by atoms with Crippen LogP contribution >= 0.6 is 12.0 Å². The molecule has 1 atom stereocenters. The average Bonchev–Trinajstić information content (AvgIpc) is 2.80. The molecule has 7 N–H and O–H groups in total. The molecule has 0 radical (unpaired) electrons. The number of aliphatic hydroxyl groups excluding tert-OH is 2. The molecule has 1 heterocycles. The molecule has 0 spiro atoms. The molecule has 0 aliphatic heterocycles. The second kappa shape index (κ2) is 12.2. The van der Waals surface area contributed by atoms with Gasteiger partial charge in [-0.25, -0.2) is 5.26 Å². The van der Waals surface area contributed by atoms with Gasteiger partial charge in [-0.2, -0.15) is 23.4 Å². The minimum atomic E-state index is -4.18. The molecule has 0 saturated carbocycles. The number of rotatable bonds is 13. The van der Waals surface area contributed by atoms with Crippen LogP contribution in [0.1, 0.15) is 5.56 Å². The molecule has 1 aromatic heterocycles. The standard InChI is InChI=1S/C19H24N6O8S2/c1-11-6-15(34-33-32-28)8-12-7-13(2-3-16(11)12)22-19-24-17(20-4-5-35(29,30)31)23-18(25-19)21-9-14(27)10-26/h2-3,6-8,14,26-28H,4-5,9-10H2,1H3,(H,29,30,31)(H3,20,21,22,23,24,25). The van der Waals surface area contributed by atoms with Crippen LogP contribution in [0.5, 0.6) is 0 Å². The summed E-state index contributed by atoms with van der Waals surface area (Å²) in [5.41, 5.74) is 1.59. The van der Waals surface area contributed by atoms with Crippen LogP contribution in [0.15, 0.2) is 35.2 Å². The van der Waals surface area contributed by atoms with Crippen LogP contribution < -0.4 is 16.0 Å². The van der Waals surface area contributed by atoms with E-state index in [2.05, 4.69) is 40.3 Å². The van der Waals surface area contributed by atoms with Gasteiger partial charge in [0.1, 0.15) is 0 Å². The molecule has 1 unspecified atom stereocenters. The topological polar surface area (TPSA) is 208 Å². The fraction of sp³-hybridized carbons (Fsp3) is 0.316. The van der Waals surface area contributed by atoms with Crippen LogP contribution in [-0.4, -0.2) is 74.9 Å². The van der Waals surface area contributed by atoms with Crippen molar-refractivity contribution in [2.24, 2.45) is 0 Å². The summed E-state index contributed by atoms with van der Waals surface area (Å²) in [6.07, 6.45) is -1.05. The summed E-state index contributed by atoms with van der Waals surface area (Å²) < 4.78 is 35.4. The summed E-state index contributed by atoms with van der Waals surface area (Å²) in [7, 11) is -4.18. The minimum absolute atomic E-state index is 0.0172. The number of aromatic nitrogens is 3. The molecule has 0 fully saturated rings. The summed E-state index contributed by atoms with van der Waals surface area (Å²) in [4.78, 5) is 13.2. The molecule has 0 aliphatic carbocycles. The largest absolute Gasteiger partial charge is 0.394 e. The molecular formula is C19H24N6O8S2. The van der Waals surface area contributed by atoms with Gasteiger partial charge in [-0.15, -0.1) is 4.33 Å². The fourth-order valence-electron chi connectivity index (χ4n) is 2.99. The highest BCUT2D eigenvalue weighted by molar-refractivity contribution is 7.94. The molecule has 3 aromatic rings. The summed E-state index contributed by atoms with van der Waals surface area (Å²) >= 11 is 0.841. The van der Waals surface area contributed by atoms with Crippen LogP contribution in [-0.2, 0) is 19.5 Å². The van der Waals surface area contributed by atoms with E-state index in [0.717, 1.165) is 28.4 Å². The third-order valence-electron chi connectivity index (χ3n) is 4.53. The number of nitrogens with one attached hydrogen (secondary N) is 3. The van der Waals surface area contributed by atoms with Gasteiger partial charge in [-0.3, -0.25) is 4.55 Å². The Labute approximate surface area is 204 Å². The molecule has 0 amide bonds. The van der Waals surface area contributed by atoms with Crippen molar-refractivity contribution in [2.75, 3.05) is 41.4 Å². The number of aryl methyl sites for hydroxylation is 1. The van der Waals surface area contributed by atoms with Crippen molar-refractivity contribution in [3.8, 4) is 0 Å². The zero-order valence-corrected chi connectivity index (χ0v) is 20.0. The first kappa shape index (κ1) is 26.8. The van der Waals surface area contributed by atoms with Crippen LogP contribution in [0.2, 0.25) is 0 Å². The van der Waals surface area contributed by atoms with E-state index in [1.807, 2.05) is 37.3 Å². The van der Waals surface area contributed by atoms with Crippen molar-refractivity contribution in [3.05, 3.63) is 35.9 Å². The molecule has 14 nitrogen and oxygen atoms in total. The minimum Gasteiger partial charge on any atom is -0.394 e. The van der Waals surface area contributed by atoms with Crippen molar-refractivity contribution in [2.45, 2.75) is 17.9 Å². The van der Waals surface area contributed by atoms with E-state index in [4.69, 9.17) is 14.9 Å². The van der Waals surface area contributed by atoms with Crippen molar-refractivity contribution in [1.29, 1.82) is 0 Å². The summed E-state index contributed by atoms with van der Waals surface area (Å²) in [5, 5.41) is 41.0. The lowest BCUT2D eigenvalue weighted by atomic mass is 10.1. The predicted octanol–water partition coefficient (Wildman–Crippen LogP) is 1.57. The highest BCUT2D eigenvalue weighted by Gasteiger charge is 2.11. The lowest BCUT2D eigenvalue weighted by molar-refractivity contribution is -0.432. The summed E-state index contributed by atoms with van der Waals surface area (Å²) in [5.74, 6) is -0.374. The van der Waals surface area contributed by atoms with Crippen LogP contribution in [0, 0.1) is 6.92 Å². The van der Waals surface area contributed by atoms with Crippen molar-refractivity contribution in [3.63, 3.8) is 0 Å². The van der Waals surface area contributed by atoms with Crippen molar-refractivity contribution < 1.29 is 37.8 Å². The van der Waals surface area contributed by atoms with E-state index in [-0.39, 0.29) is 30.9 Å². The van der Waals surface area contributed by atoms with Gasteiger partial charge in [0.05, 0.1) is 30.5 Å². The van der Waals surface area contributed by atoms with Crippen molar-refractivity contribution in [1.82, 2.24) is 15.0 Å². The van der Waals surface area contributed by atoms with Gasteiger partial charge < -0.3 is 26.2 Å². The van der Waals surface area contributed by atoms with Gasteiger partial charge in [0.25, 0.3) is 10.1 Å². The number of hydrogen-bond donors (Lipinski definition) is 7. The van der Waals surface area contributed by atoms with Crippen LogP contribution in [0.4, 0.5) is 23.5 Å². The first-order valence-electron chi connectivity index (χ1n) is 10.1. The van der Waals surface area contributed by atoms with Gasteiger partial charge in [-0.1, -0.05) is 11.1 Å². The van der Waals surface area contributed by atoms with E-state index in [1.165, 1.54) is 0 Å². The SMILES string of the molecule is Cc1cc(SOOO)cc2cc(Nc3nc(NCCS(=O)(=O)O)nc(NCC(O)CO)n3)ccc12. The Kier molecular flexibility index (Phi) is 9.35. The van der Waals surface area contributed by atoms with E-state index in [9.17, 15) is 13.5 Å². The Bertz CT molecular complexity index is 1260. The fourth-order valence-corrected chi connectivity index (χ4v) is 3.86. The monoisotopic (exact) mass is 528 g/mol. The zero-order chi connectivity index (χ0) is 25.4. The molecule has 0 aliphatic rings. The lowest BCUT2D eigenvalue weighted by Crippen LogP contribution is -2.24. The zero-order valence-electron chi connectivity index (χ0n) is 18.4.